The zero-order valence-electron chi connectivity index (χ0n) is 26.0. The lowest BCUT2D eigenvalue weighted by atomic mass is 10.1. The van der Waals surface area contributed by atoms with Crippen molar-refractivity contribution in [3.05, 3.63) is 42.0 Å². The van der Waals surface area contributed by atoms with Crippen molar-refractivity contribution >= 4 is 28.7 Å². The average Bonchev–Trinajstić information content (AvgIpc) is 3.03. The Kier molecular flexibility index (Phi) is 11.1. The Morgan fingerprint density at radius 3 is 2.28 bits per heavy atom. The Bertz CT molecular complexity index is 1350. The maximum atomic E-state index is 13.0. The van der Waals surface area contributed by atoms with E-state index in [1.54, 1.807) is 0 Å². The molecule has 0 unspecified atom stereocenters. The highest BCUT2D eigenvalue weighted by molar-refractivity contribution is 5.95. The van der Waals surface area contributed by atoms with Gasteiger partial charge in [0.1, 0.15) is 5.82 Å². The first-order valence-electron chi connectivity index (χ1n) is 16.0. The highest BCUT2D eigenvalue weighted by Gasteiger charge is 2.27. The first-order valence-corrected chi connectivity index (χ1v) is 16.0. The predicted octanol–water partition coefficient (Wildman–Crippen LogP) is 4.43. The van der Waals surface area contributed by atoms with Gasteiger partial charge in [0.15, 0.2) is 5.65 Å². The maximum Gasteiger partial charge on any atom is 0.251 e. The largest absolute Gasteiger partial charge is 0.377 e. The van der Waals surface area contributed by atoms with E-state index in [9.17, 15) is 4.79 Å². The molecule has 2 aliphatic heterocycles. The molecule has 5 rings (SSSR count). The Hall–Kier alpha value is -3.34. The molecule has 43 heavy (non-hydrogen) atoms. The lowest BCUT2D eigenvalue weighted by Crippen LogP contribution is -2.46. The molecule has 1 aromatic carbocycles. The summed E-state index contributed by atoms with van der Waals surface area (Å²) < 4.78 is 11.4. The van der Waals surface area contributed by atoms with Crippen molar-refractivity contribution in [3.63, 3.8) is 0 Å². The number of carbonyl (C=O) groups excluding carboxylic acids is 1. The number of morpholine rings is 2. The number of benzene rings is 1. The number of ether oxygens (including phenoxy) is 2. The number of carbonyl (C=O) groups is 1. The van der Waals surface area contributed by atoms with Crippen LogP contribution in [0.1, 0.15) is 62.7 Å². The average molecular weight is 590 g/mol. The topological polar surface area (TPSA) is 105 Å². The number of unbranched alkanes of at least 4 members (excludes halogenated alkanes) is 5. The van der Waals surface area contributed by atoms with Crippen molar-refractivity contribution in [2.24, 2.45) is 0 Å². The summed E-state index contributed by atoms with van der Waals surface area (Å²) in [6, 6.07) is 12.1. The van der Waals surface area contributed by atoms with E-state index in [0.717, 1.165) is 54.9 Å². The number of aromatic nitrogens is 3. The van der Waals surface area contributed by atoms with E-state index >= 15 is 0 Å². The van der Waals surface area contributed by atoms with Crippen molar-refractivity contribution in [2.75, 3.05) is 69.5 Å². The molecule has 4 heterocycles. The zero-order chi connectivity index (χ0) is 30.0. The summed E-state index contributed by atoms with van der Waals surface area (Å²) >= 11 is 0. The summed E-state index contributed by atoms with van der Waals surface area (Å²) in [5.41, 5.74) is 2.95. The van der Waals surface area contributed by atoms with Crippen LogP contribution in [0.5, 0.6) is 0 Å². The van der Waals surface area contributed by atoms with Gasteiger partial charge in [0.2, 0.25) is 5.95 Å². The van der Waals surface area contributed by atoms with E-state index < -0.39 is 0 Å². The smallest absolute Gasteiger partial charge is 0.251 e. The molecule has 2 atom stereocenters. The van der Waals surface area contributed by atoms with Crippen molar-refractivity contribution in [1.82, 2.24) is 25.6 Å². The second-order valence-corrected chi connectivity index (χ2v) is 11.7. The lowest BCUT2D eigenvalue weighted by molar-refractivity contribution is 0.0952. The molecule has 0 radical (unpaired) electrons. The van der Waals surface area contributed by atoms with Gasteiger partial charge in [0, 0.05) is 30.8 Å². The number of hydrogen-bond acceptors (Lipinski definition) is 9. The number of rotatable bonds is 13. The summed E-state index contributed by atoms with van der Waals surface area (Å²) in [5.74, 6) is 1.51. The van der Waals surface area contributed by atoms with Crippen LogP contribution in [0.2, 0.25) is 0 Å². The van der Waals surface area contributed by atoms with E-state index in [1.165, 1.54) is 25.7 Å². The van der Waals surface area contributed by atoms with Crippen LogP contribution in [0.4, 0.5) is 11.8 Å². The van der Waals surface area contributed by atoms with Gasteiger partial charge < -0.3 is 29.9 Å². The van der Waals surface area contributed by atoms with Crippen molar-refractivity contribution in [1.29, 1.82) is 0 Å². The summed E-state index contributed by atoms with van der Waals surface area (Å²) in [5, 5.41) is 7.20. The highest BCUT2D eigenvalue weighted by Crippen LogP contribution is 2.31. The van der Waals surface area contributed by atoms with Crippen LogP contribution in [0.15, 0.2) is 36.4 Å². The number of anilines is 2. The van der Waals surface area contributed by atoms with E-state index in [2.05, 4.69) is 40.3 Å². The normalized spacial score (nSPS) is 19.1. The van der Waals surface area contributed by atoms with Gasteiger partial charge in [-0.2, -0.15) is 9.97 Å². The molecule has 2 aliphatic rings. The quantitative estimate of drug-likeness (QED) is 0.280. The third-order valence-electron chi connectivity index (χ3n) is 8.35. The Balaban J connectivity index is 1.33. The van der Waals surface area contributed by atoms with Crippen molar-refractivity contribution < 1.29 is 14.3 Å². The van der Waals surface area contributed by atoms with Gasteiger partial charge in [0.25, 0.3) is 5.91 Å². The third-order valence-corrected chi connectivity index (χ3v) is 8.35. The van der Waals surface area contributed by atoms with Crippen LogP contribution in [0.3, 0.4) is 0 Å². The molecule has 10 nitrogen and oxygen atoms in total. The SMILES string of the molecule is CNCCCCCCCCNC(=O)c1cccc(-c2ccc3c(N4CCOC[C@H]4C)nc(N4CCOC[C@H]4C)nc3n2)c1. The Labute approximate surface area is 255 Å². The van der Waals surface area contributed by atoms with E-state index in [1.807, 2.05) is 37.4 Å². The molecule has 0 spiro atoms. The van der Waals surface area contributed by atoms with Crippen molar-refractivity contribution in [2.45, 2.75) is 64.5 Å². The number of nitrogens with one attached hydrogen (secondary N) is 2. The monoisotopic (exact) mass is 589 g/mol. The van der Waals surface area contributed by atoms with Crippen LogP contribution in [0, 0.1) is 0 Å². The van der Waals surface area contributed by atoms with Crippen molar-refractivity contribution in [3.8, 4) is 11.3 Å². The molecule has 2 N–H and O–H groups in total. The second-order valence-electron chi connectivity index (χ2n) is 11.7. The van der Waals surface area contributed by atoms with Gasteiger partial charge in [-0.3, -0.25) is 4.79 Å². The molecule has 10 heteroatoms. The summed E-state index contributed by atoms with van der Waals surface area (Å²) in [7, 11) is 2.00. The Morgan fingerprint density at radius 2 is 1.56 bits per heavy atom. The molecule has 0 saturated carbocycles. The minimum Gasteiger partial charge on any atom is -0.377 e. The maximum absolute atomic E-state index is 13.0. The van der Waals surface area contributed by atoms with Gasteiger partial charge >= 0.3 is 0 Å². The Morgan fingerprint density at radius 1 is 0.860 bits per heavy atom. The van der Waals surface area contributed by atoms with Gasteiger partial charge in [-0.15, -0.1) is 0 Å². The molecule has 2 saturated heterocycles. The second kappa shape index (κ2) is 15.4. The van der Waals surface area contributed by atoms with Gasteiger partial charge in [-0.1, -0.05) is 37.8 Å². The van der Waals surface area contributed by atoms with Crippen LogP contribution < -0.4 is 20.4 Å². The highest BCUT2D eigenvalue weighted by atomic mass is 16.5. The molecule has 2 aromatic heterocycles. The summed E-state index contributed by atoms with van der Waals surface area (Å²) in [6.07, 6.45) is 7.09. The first kappa shape index (κ1) is 31.1. The van der Waals surface area contributed by atoms with Gasteiger partial charge in [-0.25, -0.2) is 4.98 Å². The molecule has 0 bridgehead atoms. The molecule has 1 amide bonds. The van der Waals surface area contributed by atoms with Gasteiger partial charge in [-0.05, 0) is 64.5 Å². The van der Waals surface area contributed by atoms with Crippen LogP contribution in [-0.4, -0.2) is 92.6 Å². The lowest BCUT2D eigenvalue weighted by Gasteiger charge is -2.37. The minimum absolute atomic E-state index is 0.0498. The van der Waals surface area contributed by atoms with Crippen LogP contribution in [-0.2, 0) is 9.47 Å². The van der Waals surface area contributed by atoms with E-state index in [-0.39, 0.29) is 18.0 Å². The molecule has 0 aliphatic carbocycles. The molecule has 232 valence electrons. The zero-order valence-corrected chi connectivity index (χ0v) is 26.0. The number of pyridine rings is 1. The standard InChI is InChI=1S/C33H47N7O3/c1-24-22-42-19-17-39(24)31-28-13-14-29(36-30(28)37-33(38-31)40-18-20-43-23-25(40)2)26-11-10-12-27(21-26)32(41)35-16-9-7-5-4-6-8-15-34-3/h10-14,21,24-25,34H,4-9,15-20,22-23H2,1-3H3,(H,35,41)/t24-,25-/m1/s1. The summed E-state index contributed by atoms with van der Waals surface area (Å²) in [6.45, 7) is 10.2. The van der Waals surface area contributed by atoms with Crippen LogP contribution in [0.25, 0.3) is 22.3 Å². The minimum atomic E-state index is -0.0498. The molecular formula is C33H47N7O3. The first-order chi connectivity index (χ1) is 21.0. The number of fused-ring (bicyclic) bond motifs is 1. The number of amides is 1. The molecule has 3 aromatic rings. The van der Waals surface area contributed by atoms with E-state index in [4.69, 9.17) is 24.4 Å². The van der Waals surface area contributed by atoms with E-state index in [0.29, 0.717) is 50.1 Å². The fraction of sp³-hybridized carbons (Fsp3) is 0.576. The number of nitrogens with zero attached hydrogens (tertiary/aromatic N) is 5. The summed E-state index contributed by atoms with van der Waals surface area (Å²) in [4.78, 5) is 32.6. The van der Waals surface area contributed by atoms with Gasteiger partial charge in [0.05, 0.1) is 49.6 Å². The fourth-order valence-electron chi connectivity index (χ4n) is 5.81. The third kappa shape index (κ3) is 7.99. The predicted molar refractivity (Wildman–Crippen MR) is 172 cm³/mol. The fourth-order valence-corrected chi connectivity index (χ4v) is 5.81. The van der Waals surface area contributed by atoms with Crippen LogP contribution >= 0.6 is 0 Å². The number of hydrogen-bond donors (Lipinski definition) is 2. The molecule has 2 fully saturated rings. The molecular weight excluding hydrogens is 542 g/mol.